The molecule has 2 rings (SSSR count). The quantitative estimate of drug-likeness (QED) is 0.838. The second kappa shape index (κ2) is 4.41. The highest BCUT2D eigenvalue weighted by molar-refractivity contribution is 5.64. The van der Waals surface area contributed by atoms with Gasteiger partial charge in [0.05, 0.1) is 0 Å². The van der Waals surface area contributed by atoms with Gasteiger partial charge in [0, 0.05) is 30.1 Å². The molecule has 0 saturated carbocycles. The number of pyridine rings is 1. The average molecular weight is 216 g/mol. The Bertz CT molecular complexity index is 509. The summed E-state index contributed by atoms with van der Waals surface area (Å²) in [6.45, 7) is 2.28. The molecular formula is C13H13FN2. The second-order valence-corrected chi connectivity index (χ2v) is 3.77. The number of benzene rings is 1. The van der Waals surface area contributed by atoms with Gasteiger partial charge in [-0.3, -0.25) is 4.98 Å². The molecule has 0 fully saturated rings. The molecule has 0 amide bonds. The predicted octanol–water partition coefficient (Wildman–Crippen LogP) is 2.65. The normalized spacial score (nSPS) is 10.4. The smallest absolute Gasteiger partial charge is 0.131 e. The minimum atomic E-state index is -0.254. The lowest BCUT2D eigenvalue weighted by Gasteiger charge is -2.05. The highest BCUT2D eigenvalue weighted by atomic mass is 19.1. The number of halogens is 1. The maximum Gasteiger partial charge on any atom is 0.131 e. The molecule has 2 nitrogen and oxygen atoms in total. The molecule has 0 bridgehead atoms. The van der Waals surface area contributed by atoms with E-state index < -0.39 is 0 Å². The fourth-order valence-electron chi connectivity index (χ4n) is 1.62. The summed E-state index contributed by atoms with van der Waals surface area (Å²) < 4.78 is 13.8. The van der Waals surface area contributed by atoms with Crippen LogP contribution in [0.5, 0.6) is 0 Å². The molecule has 1 aromatic heterocycles. The lowest BCUT2D eigenvalue weighted by molar-refractivity contribution is 0.629. The molecular weight excluding hydrogens is 203 g/mol. The van der Waals surface area contributed by atoms with E-state index in [4.69, 9.17) is 5.73 Å². The molecule has 0 aliphatic rings. The topological polar surface area (TPSA) is 38.9 Å². The Morgan fingerprint density at radius 1 is 1.25 bits per heavy atom. The molecule has 0 spiro atoms. The van der Waals surface area contributed by atoms with Crippen LogP contribution in [0.2, 0.25) is 0 Å². The maximum atomic E-state index is 13.8. The zero-order chi connectivity index (χ0) is 11.5. The summed E-state index contributed by atoms with van der Waals surface area (Å²) in [5, 5.41) is 0. The predicted molar refractivity (Wildman–Crippen MR) is 62.3 cm³/mol. The summed E-state index contributed by atoms with van der Waals surface area (Å²) >= 11 is 0. The molecule has 82 valence electrons. The van der Waals surface area contributed by atoms with Crippen molar-refractivity contribution >= 4 is 0 Å². The number of nitrogens with zero attached hydrogens (tertiary/aromatic N) is 1. The first-order chi connectivity index (χ1) is 7.70. The van der Waals surface area contributed by atoms with E-state index in [0.29, 0.717) is 12.1 Å². The number of nitrogens with two attached hydrogens (primary N) is 1. The monoisotopic (exact) mass is 216 g/mol. The van der Waals surface area contributed by atoms with E-state index in [1.54, 1.807) is 18.5 Å². The van der Waals surface area contributed by atoms with Crippen LogP contribution in [0.25, 0.3) is 11.1 Å². The Kier molecular flexibility index (Phi) is 2.97. The van der Waals surface area contributed by atoms with E-state index in [2.05, 4.69) is 4.98 Å². The van der Waals surface area contributed by atoms with Crippen molar-refractivity contribution in [3.8, 4) is 11.1 Å². The van der Waals surface area contributed by atoms with Gasteiger partial charge < -0.3 is 5.73 Å². The molecule has 0 saturated heterocycles. The molecule has 0 unspecified atom stereocenters. The van der Waals surface area contributed by atoms with Crippen molar-refractivity contribution in [1.82, 2.24) is 4.98 Å². The van der Waals surface area contributed by atoms with Gasteiger partial charge in [0.1, 0.15) is 5.82 Å². The van der Waals surface area contributed by atoms with E-state index in [-0.39, 0.29) is 5.82 Å². The third-order valence-corrected chi connectivity index (χ3v) is 2.46. The summed E-state index contributed by atoms with van der Waals surface area (Å²) in [6.07, 6.45) is 3.41. The zero-order valence-electron chi connectivity index (χ0n) is 9.07. The van der Waals surface area contributed by atoms with E-state index in [1.807, 2.05) is 19.1 Å². The van der Waals surface area contributed by atoms with Crippen LogP contribution in [0, 0.1) is 12.7 Å². The van der Waals surface area contributed by atoms with Gasteiger partial charge in [-0.15, -0.1) is 0 Å². The van der Waals surface area contributed by atoms with Gasteiger partial charge in [-0.1, -0.05) is 12.1 Å². The van der Waals surface area contributed by atoms with Crippen LogP contribution in [0.1, 0.15) is 11.1 Å². The fourth-order valence-corrected chi connectivity index (χ4v) is 1.62. The van der Waals surface area contributed by atoms with E-state index in [9.17, 15) is 4.39 Å². The number of hydrogen-bond acceptors (Lipinski definition) is 2. The SMILES string of the molecule is Cc1cncc(-c2ccc(CN)cc2F)c1. The maximum absolute atomic E-state index is 13.8. The molecule has 16 heavy (non-hydrogen) atoms. The zero-order valence-corrected chi connectivity index (χ0v) is 9.07. The Morgan fingerprint density at radius 3 is 2.69 bits per heavy atom. The lowest BCUT2D eigenvalue weighted by Crippen LogP contribution is -1.97. The van der Waals surface area contributed by atoms with Crippen molar-refractivity contribution < 1.29 is 4.39 Å². The molecule has 1 aromatic carbocycles. The highest BCUT2D eigenvalue weighted by Crippen LogP contribution is 2.23. The summed E-state index contributed by atoms with van der Waals surface area (Å²) in [4.78, 5) is 4.05. The summed E-state index contributed by atoms with van der Waals surface area (Å²) in [5.41, 5.74) is 8.62. The minimum Gasteiger partial charge on any atom is -0.326 e. The number of rotatable bonds is 2. The third-order valence-electron chi connectivity index (χ3n) is 2.46. The largest absolute Gasteiger partial charge is 0.326 e. The van der Waals surface area contributed by atoms with Crippen molar-refractivity contribution in [2.24, 2.45) is 5.73 Å². The highest BCUT2D eigenvalue weighted by Gasteiger charge is 2.06. The summed E-state index contributed by atoms with van der Waals surface area (Å²) in [7, 11) is 0. The van der Waals surface area contributed by atoms with Gasteiger partial charge in [0.2, 0.25) is 0 Å². The average Bonchev–Trinajstić information content (AvgIpc) is 2.28. The summed E-state index contributed by atoms with van der Waals surface area (Å²) in [6, 6.07) is 6.96. The lowest BCUT2D eigenvalue weighted by atomic mass is 10.0. The molecule has 1 heterocycles. The van der Waals surface area contributed by atoms with Gasteiger partial charge in [0.15, 0.2) is 0 Å². The molecule has 0 aliphatic carbocycles. The molecule has 0 atom stereocenters. The summed E-state index contributed by atoms with van der Waals surface area (Å²) in [5.74, 6) is -0.254. The van der Waals surface area contributed by atoms with Crippen LogP contribution in [0.15, 0.2) is 36.7 Å². The first kappa shape index (κ1) is 10.8. The van der Waals surface area contributed by atoms with Crippen LogP contribution >= 0.6 is 0 Å². The fraction of sp³-hybridized carbons (Fsp3) is 0.154. The van der Waals surface area contributed by atoms with Crippen molar-refractivity contribution in [3.05, 3.63) is 53.6 Å². The molecule has 2 N–H and O–H groups in total. The van der Waals surface area contributed by atoms with E-state index >= 15 is 0 Å². The molecule has 2 aromatic rings. The first-order valence-corrected chi connectivity index (χ1v) is 5.11. The Balaban J connectivity index is 2.48. The van der Waals surface area contributed by atoms with Gasteiger partial charge in [-0.05, 0) is 30.2 Å². The second-order valence-electron chi connectivity index (χ2n) is 3.77. The van der Waals surface area contributed by atoms with Crippen molar-refractivity contribution in [3.63, 3.8) is 0 Å². The van der Waals surface area contributed by atoms with Crippen molar-refractivity contribution in [1.29, 1.82) is 0 Å². The van der Waals surface area contributed by atoms with Gasteiger partial charge in [-0.2, -0.15) is 0 Å². The van der Waals surface area contributed by atoms with Crippen molar-refractivity contribution in [2.45, 2.75) is 13.5 Å². The minimum absolute atomic E-state index is 0.254. The molecule has 0 aliphatic heterocycles. The van der Waals surface area contributed by atoms with Crippen molar-refractivity contribution in [2.75, 3.05) is 0 Å². The van der Waals surface area contributed by atoms with Crippen LogP contribution in [0.3, 0.4) is 0 Å². The van der Waals surface area contributed by atoms with Crippen LogP contribution < -0.4 is 5.73 Å². The Hall–Kier alpha value is -1.74. The van der Waals surface area contributed by atoms with E-state index in [1.165, 1.54) is 6.07 Å². The first-order valence-electron chi connectivity index (χ1n) is 5.11. The van der Waals surface area contributed by atoms with Crippen LogP contribution in [-0.2, 0) is 6.54 Å². The van der Waals surface area contributed by atoms with Gasteiger partial charge in [0.25, 0.3) is 0 Å². The standard InChI is InChI=1S/C13H13FN2/c1-9-4-11(8-16-7-9)12-3-2-10(6-15)5-13(12)14/h2-5,7-8H,6,15H2,1H3. The Labute approximate surface area is 93.9 Å². The van der Waals surface area contributed by atoms with E-state index in [0.717, 1.165) is 16.7 Å². The number of aromatic nitrogens is 1. The van der Waals surface area contributed by atoms with Crippen LogP contribution in [-0.4, -0.2) is 4.98 Å². The van der Waals surface area contributed by atoms with Gasteiger partial charge in [-0.25, -0.2) is 4.39 Å². The Morgan fingerprint density at radius 2 is 2.06 bits per heavy atom. The number of aryl methyl sites for hydroxylation is 1. The number of hydrogen-bond donors (Lipinski definition) is 1. The molecule has 3 heteroatoms. The third kappa shape index (κ3) is 2.09. The van der Waals surface area contributed by atoms with Crippen LogP contribution in [0.4, 0.5) is 4.39 Å². The molecule has 0 radical (unpaired) electrons. The van der Waals surface area contributed by atoms with Gasteiger partial charge >= 0.3 is 0 Å².